The Morgan fingerprint density at radius 2 is 2.17 bits per heavy atom. The van der Waals surface area contributed by atoms with E-state index in [4.69, 9.17) is 17.3 Å². The predicted octanol–water partition coefficient (Wildman–Crippen LogP) is 3.83. The number of H-pyrrole nitrogens is 1. The summed E-state index contributed by atoms with van der Waals surface area (Å²) in [6.45, 7) is 0.448. The van der Waals surface area contributed by atoms with Gasteiger partial charge in [0.15, 0.2) is 0 Å². The smallest absolute Gasteiger partial charge is 0.140 e. The van der Waals surface area contributed by atoms with Gasteiger partial charge in [-0.25, -0.2) is 4.98 Å². The molecule has 3 N–H and O–H groups in total. The number of fused-ring (bicyclic) bond motifs is 1. The molecule has 0 saturated heterocycles. The van der Waals surface area contributed by atoms with Crippen LogP contribution < -0.4 is 5.73 Å². The van der Waals surface area contributed by atoms with Gasteiger partial charge in [0, 0.05) is 22.9 Å². The summed E-state index contributed by atoms with van der Waals surface area (Å²) in [6.07, 6.45) is 0. The van der Waals surface area contributed by atoms with Gasteiger partial charge in [0.1, 0.15) is 5.82 Å². The van der Waals surface area contributed by atoms with Crippen molar-refractivity contribution in [2.45, 2.75) is 6.54 Å². The molecule has 0 amide bonds. The van der Waals surface area contributed by atoms with E-state index in [0.717, 1.165) is 28.0 Å². The standard InChI is InChI=1S/C12H10ClN3S.ClH/c13-8-3-1-2-7(4-14)11(8)12-15-9-5-17-6-10(9)16-12;/h1-3,5-6H,4,14H2,(H,15,16);1H. The molecule has 0 aliphatic heterocycles. The van der Waals surface area contributed by atoms with Gasteiger partial charge in [-0.05, 0) is 11.6 Å². The molecule has 94 valence electrons. The maximum Gasteiger partial charge on any atom is 0.140 e. The van der Waals surface area contributed by atoms with E-state index in [2.05, 4.69) is 9.97 Å². The normalized spacial score (nSPS) is 10.6. The van der Waals surface area contributed by atoms with Crippen LogP contribution in [0, 0.1) is 0 Å². The highest BCUT2D eigenvalue weighted by Gasteiger charge is 2.12. The molecule has 3 aromatic rings. The molecular weight excluding hydrogens is 289 g/mol. The van der Waals surface area contributed by atoms with Crippen LogP contribution in [0.5, 0.6) is 0 Å². The average molecular weight is 300 g/mol. The quantitative estimate of drug-likeness (QED) is 0.756. The number of hydrogen-bond donors (Lipinski definition) is 2. The number of nitrogens with two attached hydrogens (primary N) is 1. The molecule has 3 rings (SSSR count). The highest BCUT2D eigenvalue weighted by Crippen LogP contribution is 2.31. The van der Waals surface area contributed by atoms with Gasteiger partial charge in [0.2, 0.25) is 0 Å². The van der Waals surface area contributed by atoms with Crippen LogP contribution in [-0.4, -0.2) is 9.97 Å². The fourth-order valence-electron chi connectivity index (χ4n) is 1.87. The van der Waals surface area contributed by atoms with Crippen LogP contribution in [-0.2, 0) is 6.54 Å². The van der Waals surface area contributed by atoms with E-state index in [-0.39, 0.29) is 12.4 Å². The van der Waals surface area contributed by atoms with Gasteiger partial charge in [-0.1, -0.05) is 23.7 Å². The molecule has 0 aliphatic carbocycles. The highest BCUT2D eigenvalue weighted by molar-refractivity contribution is 7.09. The summed E-state index contributed by atoms with van der Waals surface area (Å²) >= 11 is 7.85. The molecule has 0 atom stereocenters. The number of benzene rings is 1. The Labute approximate surface area is 119 Å². The average Bonchev–Trinajstić information content (AvgIpc) is 2.88. The minimum absolute atomic E-state index is 0. The van der Waals surface area contributed by atoms with Crippen LogP contribution in [0.15, 0.2) is 29.0 Å². The first-order valence-corrected chi connectivity index (χ1v) is 6.51. The Bertz CT molecular complexity index is 646. The van der Waals surface area contributed by atoms with Gasteiger partial charge in [0.05, 0.1) is 16.1 Å². The number of halogens is 2. The lowest BCUT2D eigenvalue weighted by atomic mass is 10.1. The van der Waals surface area contributed by atoms with Crippen LogP contribution in [0.1, 0.15) is 5.56 Å². The van der Waals surface area contributed by atoms with Crippen molar-refractivity contribution in [1.82, 2.24) is 9.97 Å². The van der Waals surface area contributed by atoms with Crippen molar-refractivity contribution in [3.8, 4) is 11.4 Å². The molecule has 0 saturated carbocycles. The molecule has 1 aromatic carbocycles. The number of imidazole rings is 1. The number of nitrogens with one attached hydrogen (secondary N) is 1. The maximum atomic E-state index is 6.22. The Morgan fingerprint density at radius 3 is 2.89 bits per heavy atom. The lowest BCUT2D eigenvalue weighted by molar-refractivity contribution is 1.07. The second kappa shape index (κ2) is 5.28. The first-order chi connectivity index (χ1) is 8.29. The molecule has 18 heavy (non-hydrogen) atoms. The molecular formula is C12H11Cl2N3S. The minimum Gasteiger partial charge on any atom is -0.337 e. The number of aromatic amines is 1. The van der Waals surface area contributed by atoms with Crippen LogP contribution in [0.3, 0.4) is 0 Å². The van der Waals surface area contributed by atoms with E-state index in [0.29, 0.717) is 11.6 Å². The largest absolute Gasteiger partial charge is 0.337 e. The van der Waals surface area contributed by atoms with Gasteiger partial charge in [-0.3, -0.25) is 0 Å². The van der Waals surface area contributed by atoms with Crippen LogP contribution >= 0.6 is 35.3 Å². The summed E-state index contributed by atoms with van der Waals surface area (Å²) in [5.74, 6) is 0.786. The fraction of sp³-hybridized carbons (Fsp3) is 0.0833. The number of hydrogen-bond acceptors (Lipinski definition) is 3. The van der Waals surface area contributed by atoms with Crippen LogP contribution in [0.2, 0.25) is 5.02 Å². The molecule has 0 spiro atoms. The summed E-state index contributed by atoms with van der Waals surface area (Å²) < 4.78 is 0. The Balaban J connectivity index is 0.00000120. The Morgan fingerprint density at radius 1 is 1.33 bits per heavy atom. The summed E-state index contributed by atoms with van der Waals surface area (Å²) in [4.78, 5) is 7.79. The highest BCUT2D eigenvalue weighted by atomic mass is 35.5. The van der Waals surface area contributed by atoms with E-state index in [1.807, 2.05) is 29.0 Å². The Hall–Kier alpha value is -1.07. The van der Waals surface area contributed by atoms with Crippen molar-refractivity contribution >= 4 is 46.4 Å². The van der Waals surface area contributed by atoms with E-state index >= 15 is 0 Å². The van der Waals surface area contributed by atoms with Crippen molar-refractivity contribution in [2.24, 2.45) is 5.73 Å². The number of thiophene rings is 1. The van der Waals surface area contributed by atoms with Crippen molar-refractivity contribution in [3.63, 3.8) is 0 Å². The second-order valence-electron chi connectivity index (χ2n) is 3.73. The number of rotatable bonds is 2. The van der Waals surface area contributed by atoms with E-state index in [1.165, 1.54) is 0 Å². The van der Waals surface area contributed by atoms with Gasteiger partial charge in [0.25, 0.3) is 0 Å². The van der Waals surface area contributed by atoms with Gasteiger partial charge in [-0.2, -0.15) is 0 Å². The maximum absolute atomic E-state index is 6.22. The lowest BCUT2D eigenvalue weighted by Crippen LogP contribution is -2.00. The molecule has 0 aliphatic rings. The summed E-state index contributed by atoms with van der Waals surface area (Å²) in [5.41, 5.74) is 9.63. The zero-order valence-corrected chi connectivity index (χ0v) is 11.7. The lowest BCUT2D eigenvalue weighted by Gasteiger charge is -2.06. The third-order valence-corrected chi connectivity index (χ3v) is 3.73. The molecule has 3 nitrogen and oxygen atoms in total. The number of aromatic nitrogens is 2. The van der Waals surface area contributed by atoms with Crippen LogP contribution in [0.4, 0.5) is 0 Å². The zero-order chi connectivity index (χ0) is 11.8. The van der Waals surface area contributed by atoms with E-state index < -0.39 is 0 Å². The summed E-state index contributed by atoms with van der Waals surface area (Å²) in [7, 11) is 0. The summed E-state index contributed by atoms with van der Waals surface area (Å²) in [5, 5.41) is 4.71. The van der Waals surface area contributed by atoms with Crippen molar-refractivity contribution < 1.29 is 0 Å². The topological polar surface area (TPSA) is 54.7 Å². The molecule has 0 bridgehead atoms. The molecule has 2 aromatic heterocycles. The Kier molecular flexibility index (Phi) is 3.92. The second-order valence-corrected chi connectivity index (χ2v) is 4.88. The fourth-order valence-corrected chi connectivity index (χ4v) is 2.84. The molecule has 0 radical (unpaired) electrons. The van der Waals surface area contributed by atoms with Crippen molar-refractivity contribution in [3.05, 3.63) is 39.5 Å². The first-order valence-electron chi connectivity index (χ1n) is 5.19. The first kappa shape index (κ1) is 13.4. The monoisotopic (exact) mass is 299 g/mol. The SMILES string of the molecule is Cl.NCc1cccc(Cl)c1-c1nc2cscc2[nH]1. The third kappa shape index (κ3) is 2.12. The van der Waals surface area contributed by atoms with Crippen molar-refractivity contribution in [1.29, 1.82) is 0 Å². The predicted molar refractivity (Wildman–Crippen MR) is 79.6 cm³/mol. The third-order valence-electron chi connectivity index (χ3n) is 2.68. The number of nitrogens with zero attached hydrogens (tertiary/aromatic N) is 1. The van der Waals surface area contributed by atoms with E-state index in [1.54, 1.807) is 11.3 Å². The van der Waals surface area contributed by atoms with Crippen molar-refractivity contribution in [2.75, 3.05) is 0 Å². The van der Waals surface area contributed by atoms with Gasteiger partial charge >= 0.3 is 0 Å². The molecule has 0 unspecified atom stereocenters. The molecule has 6 heteroatoms. The molecule has 0 fully saturated rings. The van der Waals surface area contributed by atoms with Gasteiger partial charge < -0.3 is 10.7 Å². The van der Waals surface area contributed by atoms with Crippen LogP contribution in [0.25, 0.3) is 22.4 Å². The molecule has 2 heterocycles. The zero-order valence-electron chi connectivity index (χ0n) is 9.31. The van der Waals surface area contributed by atoms with E-state index in [9.17, 15) is 0 Å². The summed E-state index contributed by atoms with van der Waals surface area (Å²) in [6, 6.07) is 5.72. The minimum atomic E-state index is 0. The van der Waals surface area contributed by atoms with Gasteiger partial charge in [-0.15, -0.1) is 23.7 Å².